The van der Waals surface area contributed by atoms with Gasteiger partial charge in [0.25, 0.3) is 0 Å². The van der Waals surface area contributed by atoms with E-state index in [-0.39, 0.29) is 11.7 Å². The van der Waals surface area contributed by atoms with E-state index in [0.29, 0.717) is 26.2 Å². The van der Waals surface area contributed by atoms with Crippen LogP contribution < -0.4 is 0 Å². The Kier molecular flexibility index (Phi) is 4.03. The first-order valence-electron chi connectivity index (χ1n) is 8.18. The van der Waals surface area contributed by atoms with Gasteiger partial charge in [-0.3, -0.25) is 4.90 Å². The van der Waals surface area contributed by atoms with Gasteiger partial charge in [-0.05, 0) is 56.9 Å². The first-order valence-corrected chi connectivity index (χ1v) is 8.18. The molecule has 1 amide bonds. The van der Waals surface area contributed by atoms with E-state index >= 15 is 0 Å². The second-order valence-electron chi connectivity index (χ2n) is 7.39. The molecule has 1 N–H and O–H groups in total. The second kappa shape index (κ2) is 5.77. The number of ether oxygens (including phenoxy) is 2. The predicted octanol–water partition coefficient (Wildman–Crippen LogP) is 2.79. The normalized spacial score (nSPS) is 23.2. The Labute approximate surface area is 141 Å². The number of hydrogen-bond donors (Lipinski definition) is 1. The molecular formula is C18H23NO5. The van der Waals surface area contributed by atoms with Gasteiger partial charge < -0.3 is 14.6 Å². The van der Waals surface area contributed by atoms with Crippen LogP contribution in [0.2, 0.25) is 0 Å². The van der Waals surface area contributed by atoms with Crippen LogP contribution in [-0.2, 0) is 21.4 Å². The molecule has 1 aromatic carbocycles. The average molecular weight is 333 g/mol. The molecule has 1 heterocycles. The maximum Gasteiger partial charge on any atom is 0.411 e. The van der Waals surface area contributed by atoms with Crippen LogP contribution in [-0.4, -0.2) is 47.4 Å². The van der Waals surface area contributed by atoms with E-state index in [9.17, 15) is 14.7 Å². The van der Waals surface area contributed by atoms with Crippen molar-refractivity contribution in [3.63, 3.8) is 0 Å². The van der Waals surface area contributed by atoms with Crippen molar-refractivity contribution in [2.24, 2.45) is 0 Å². The maximum absolute atomic E-state index is 12.7. The van der Waals surface area contributed by atoms with Crippen LogP contribution in [0.3, 0.4) is 0 Å². The van der Waals surface area contributed by atoms with Gasteiger partial charge in [0, 0.05) is 6.54 Å². The Morgan fingerprint density at radius 3 is 2.75 bits per heavy atom. The highest BCUT2D eigenvalue weighted by atomic mass is 16.6. The quantitative estimate of drug-likeness (QED) is 0.855. The number of benzene rings is 1. The van der Waals surface area contributed by atoms with E-state index in [4.69, 9.17) is 9.47 Å². The summed E-state index contributed by atoms with van der Waals surface area (Å²) in [6, 6.07) is 5.11. The molecule has 1 fully saturated rings. The number of amides is 1. The van der Waals surface area contributed by atoms with E-state index in [0.717, 1.165) is 17.5 Å². The van der Waals surface area contributed by atoms with Gasteiger partial charge in [0.1, 0.15) is 5.60 Å². The van der Waals surface area contributed by atoms with Crippen LogP contribution in [0.4, 0.5) is 4.79 Å². The van der Waals surface area contributed by atoms with Gasteiger partial charge in [0.15, 0.2) is 0 Å². The molecule has 0 bridgehead atoms. The minimum Gasteiger partial charge on any atom is -0.478 e. The molecule has 6 nitrogen and oxygen atoms in total. The molecule has 3 rings (SSSR count). The van der Waals surface area contributed by atoms with E-state index < -0.39 is 17.1 Å². The third-order valence-electron chi connectivity index (χ3n) is 4.59. The Balaban J connectivity index is 1.97. The largest absolute Gasteiger partial charge is 0.478 e. The molecule has 1 atom stereocenters. The Bertz CT molecular complexity index is 678. The van der Waals surface area contributed by atoms with Crippen molar-refractivity contribution in [2.45, 2.75) is 44.8 Å². The minimum absolute atomic E-state index is 0.270. The lowest BCUT2D eigenvalue weighted by atomic mass is 9.89. The van der Waals surface area contributed by atoms with Gasteiger partial charge in [0.05, 0.1) is 24.3 Å². The van der Waals surface area contributed by atoms with Crippen LogP contribution in [0.1, 0.15) is 48.7 Å². The first kappa shape index (κ1) is 16.8. The zero-order valence-corrected chi connectivity index (χ0v) is 14.3. The first-order chi connectivity index (χ1) is 11.2. The molecule has 0 radical (unpaired) electrons. The number of carboxylic acids is 1. The molecular weight excluding hydrogens is 310 g/mol. The molecule has 1 spiro atoms. The summed E-state index contributed by atoms with van der Waals surface area (Å²) < 4.78 is 11.3. The van der Waals surface area contributed by atoms with Crippen molar-refractivity contribution in [2.75, 3.05) is 19.8 Å². The zero-order valence-electron chi connectivity index (χ0n) is 14.3. The fraction of sp³-hybridized carbons (Fsp3) is 0.556. The lowest BCUT2D eigenvalue weighted by Crippen LogP contribution is -2.56. The van der Waals surface area contributed by atoms with Crippen molar-refractivity contribution >= 4 is 12.1 Å². The highest BCUT2D eigenvalue weighted by molar-refractivity contribution is 5.88. The molecule has 1 saturated heterocycles. The van der Waals surface area contributed by atoms with Gasteiger partial charge >= 0.3 is 12.1 Å². The van der Waals surface area contributed by atoms with Crippen molar-refractivity contribution in [3.8, 4) is 0 Å². The minimum atomic E-state index is -0.942. The summed E-state index contributed by atoms with van der Waals surface area (Å²) in [7, 11) is 0. The number of carboxylic acid groups (broad SMARTS) is 1. The standard InChI is InChI=1S/C18H23NO5/c1-17(2,3)24-16(22)19-8-9-23-11-18(19)7-6-12-10-13(15(20)21)4-5-14(12)18/h4-5,10H,6-9,11H2,1-3H3,(H,20,21)/t18-/m1/s1. The van der Waals surface area contributed by atoms with Crippen LogP contribution in [0, 0.1) is 0 Å². The van der Waals surface area contributed by atoms with Gasteiger partial charge in [-0.1, -0.05) is 6.07 Å². The number of morpholine rings is 1. The SMILES string of the molecule is CC(C)(C)OC(=O)N1CCOC[C@@]12CCc1cc(C(=O)O)ccc12. The number of rotatable bonds is 1. The molecule has 1 aromatic rings. The van der Waals surface area contributed by atoms with Crippen LogP contribution >= 0.6 is 0 Å². The monoisotopic (exact) mass is 333 g/mol. The molecule has 1 aliphatic heterocycles. The summed E-state index contributed by atoms with van der Waals surface area (Å²) in [6.45, 7) is 6.89. The number of aromatic carboxylic acids is 1. The van der Waals surface area contributed by atoms with Gasteiger partial charge in [0.2, 0.25) is 0 Å². The molecule has 130 valence electrons. The Morgan fingerprint density at radius 2 is 2.08 bits per heavy atom. The summed E-state index contributed by atoms with van der Waals surface area (Å²) in [4.78, 5) is 25.7. The lowest BCUT2D eigenvalue weighted by molar-refractivity contribution is -0.0778. The number of carbonyl (C=O) groups is 2. The van der Waals surface area contributed by atoms with E-state index in [2.05, 4.69) is 0 Å². The molecule has 1 aliphatic carbocycles. The number of hydrogen-bond acceptors (Lipinski definition) is 4. The molecule has 24 heavy (non-hydrogen) atoms. The highest BCUT2D eigenvalue weighted by Crippen LogP contribution is 2.44. The topological polar surface area (TPSA) is 76.1 Å². The molecule has 2 aliphatic rings. The molecule has 0 unspecified atom stereocenters. The predicted molar refractivity (Wildman–Crippen MR) is 87.2 cm³/mol. The van der Waals surface area contributed by atoms with Crippen molar-refractivity contribution < 1.29 is 24.2 Å². The fourth-order valence-corrected chi connectivity index (χ4v) is 3.57. The summed E-state index contributed by atoms with van der Waals surface area (Å²) in [5, 5.41) is 9.18. The second-order valence-corrected chi connectivity index (χ2v) is 7.39. The smallest absolute Gasteiger partial charge is 0.411 e. The fourth-order valence-electron chi connectivity index (χ4n) is 3.57. The van der Waals surface area contributed by atoms with Crippen molar-refractivity contribution in [1.82, 2.24) is 4.90 Å². The van der Waals surface area contributed by atoms with E-state index in [1.165, 1.54) is 0 Å². The van der Waals surface area contributed by atoms with Crippen LogP contribution in [0.25, 0.3) is 0 Å². The average Bonchev–Trinajstić information content (AvgIpc) is 2.84. The number of aryl methyl sites for hydroxylation is 1. The van der Waals surface area contributed by atoms with Gasteiger partial charge in [-0.25, -0.2) is 9.59 Å². The zero-order chi connectivity index (χ0) is 17.5. The maximum atomic E-state index is 12.7. The molecule has 0 aromatic heterocycles. The number of nitrogens with zero attached hydrogens (tertiary/aromatic N) is 1. The van der Waals surface area contributed by atoms with Crippen LogP contribution in [0.5, 0.6) is 0 Å². The van der Waals surface area contributed by atoms with E-state index in [1.54, 1.807) is 17.0 Å². The number of carbonyl (C=O) groups excluding carboxylic acids is 1. The van der Waals surface area contributed by atoms with Gasteiger partial charge in [-0.2, -0.15) is 0 Å². The Morgan fingerprint density at radius 1 is 1.33 bits per heavy atom. The van der Waals surface area contributed by atoms with E-state index in [1.807, 2.05) is 26.8 Å². The summed E-state index contributed by atoms with van der Waals surface area (Å²) in [5.74, 6) is -0.942. The number of fused-ring (bicyclic) bond motifs is 2. The third-order valence-corrected chi connectivity index (χ3v) is 4.59. The molecule has 6 heteroatoms. The molecule has 0 saturated carbocycles. The summed E-state index contributed by atoms with van der Waals surface area (Å²) >= 11 is 0. The Hall–Kier alpha value is -2.08. The third kappa shape index (κ3) is 2.86. The van der Waals surface area contributed by atoms with Crippen molar-refractivity contribution in [3.05, 3.63) is 34.9 Å². The van der Waals surface area contributed by atoms with Crippen LogP contribution in [0.15, 0.2) is 18.2 Å². The summed E-state index contributed by atoms with van der Waals surface area (Å²) in [5.41, 5.74) is 1.08. The van der Waals surface area contributed by atoms with Crippen molar-refractivity contribution in [1.29, 1.82) is 0 Å². The lowest BCUT2D eigenvalue weighted by Gasteiger charge is -2.45. The highest BCUT2D eigenvalue weighted by Gasteiger charge is 2.49. The summed E-state index contributed by atoms with van der Waals surface area (Å²) in [6.07, 6.45) is 1.09. The van der Waals surface area contributed by atoms with Gasteiger partial charge in [-0.15, -0.1) is 0 Å².